The molecular weight excluding hydrogens is 236 g/mol. The third kappa shape index (κ3) is 4.30. The van der Waals surface area contributed by atoms with Crippen LogP contribution < -0.4 is 5.73 Å². The predicted molar refractivity (Wildman–Crippen MR) is 81.1 cm³/mol. The summed E-state index contributed by atoms with van der Waals surface area (Å²) in [4.78, 5) is 2.48. The number of hydrogen-bond acceptors (Lipinski definition) is 3. The lowest BCUT2D eigenvalue weighted by atomic mass is 9.98. The molecule has 3 nitrogen and oxygen atoms in total. The molecule has 0 bridgehead atoms. The fourth-order valence-corrected chi connectivity index (χ4v) is 2.62. The Morgan fingerprint density at radius 1 is 1.26 bits per heavy atom. The zero-order valence-electron chi connectivity index (χ0n) is 12.7. The Labute approximate surface area is 117 Å². The average molecular weight is 264 g/mol. The van der Waals surface area contributed by atoms with Crippen molar-refractivity contribution in [2.75, 3.05) is 20.2 Å². The fraction of sp³-hybridized carbons (Fsp3) is 0.625. The van der Waals surface area contributed by atoms with E-state index in [0.29, 0.717) is 19.2 Å². The summed E-state index contributed by atoms with van der Waals surface area (Å²) < 4.78 is 5.30. The Hall–Kier alpha value is -0.900. The molecule has 0 fully saturated rings. The predicted octanol–water partition coefficient (Wildman–Crippen LogP) is 2.95. The quantitative estimate of drug-likeness (QED) is 0.784. The zero-order valence-corrected chi connectivity index (χ0v) is 12.7. The summed E-state index contributed by atoms with van der Waals surface area (Å²) in [6.07, 6.45) is 1.14. The van der Waals surface area contributed by atoms with Gasteiger partial charge in [0.2, 0.25) is 0 Å². The van der Waals surface area contributed by atoms with Gasteiger partial charge in [0, 0.05) is 25.7 Å². The highest BCUT2D eigenvalue weighted by molar-refractivity contribution is 5.30. The van der Waals surface area contributed by atoms with Crippen molar-refractivity contribution >= 4 is 0 Å². The second-order valence-electron chi connectivity index (χ2n) is 5.21. The van der Waals surface area contributed by atoms with E-state index >= 15 is 0 Å². The number of ether oxygens (including phenoxy) is 1. The van der Waals surface area contributed by atoms with E-state index in [0.717, 1.165) is 13.0 Å². The van der Waals surface area contributed by atoms with E-state index < -0.39 is 0 Å². The van der Waals surface area contributed by atoms with Crippen LogP contribution in [0.25, 0.3) is 0 Å². The molecule has 1 rings (SSSR count). The van der Waals surface area contributed by atoms with Gasteiger partial charge in [0.1, 0.15) is 0 Å². The molecule has 0 aliphatic rings. The minimum Gasteiger partial charge on any atom is -0.380 e. The monoisotopic (exact) mass is 264 g/mol. The number of nitrogens with two attached hydrogens (primary N) is 1. The summed E-state index contributed by atoms with van der Waals surface area (Å²) in [6.45, 7) is 9.03. The van der Waals surface area contributed by atoms with Gasteiger partial charge in [-0.15, -0.1) is 0 Å². The standard InChI is InChI=1S/C16H28N2O/c1-5-10-18(13(2)3)16(11-17)15-9-7-6-8-14(15)12-19-4/h6-9,13,16H,5,10-12,17H2,1-4H3. The molecule has 0 saturated carbocycles. The Morgan fingerprint density at radius 3 is 2.47 bits per heavy atom. The molecule has 0 amide bonds. The van der Waals surface area contributed by atoms with E-state index in [9.17, 15) is 0 Å². The molecule has 108 valence electrons. The number of nitrogens with zero attached hydrogens (tertiary/aromatic N) is 1. The Bertz CT molecular complexity index is 366. The van der Waals surface area contributed by atoms with Crippen LogP contribution in [-0.2, 0) is 11.3 Å². The van der Waals surface area contributed by atoms with Gasteiger partial charge >= 0.3 is 0 Å². The molecule has 3 heteroatoms. The van der Waals surface area contributed by atoms with Gasteiger partial charge in [-0.05, 0) is 37.9 Å². The van der Waals surface area contributed by atoms with Gasteiger partial charge in [0.15, 0.2) is 0 Å². The van der Waals surface area contributed by atoms with Crippen LogP contribution in [0, 0.1) is 0 Å². The van der Waals surface area contributed by atoms with E-state index in [2.05, 4.69) is 49.9 Å². The summed E-state index contributed by atoms with van der Waals surface area (Å²) in [6, 6.07) is 9.21. The van der Waals surface area contributed by atoms with Crippen LogP contribution in [0.1, 0.15) is 44.4 Å². The molecule has 1 atom stereocenters. The molecular formula is C16H28N2O. The third-order valence-corrected chi connectivity index (χ3v) is 3.48. The lowest BCUT2D eigenvalue weighted by Crippen LogP contribution is -2.39. The SMILES string of the molecule is CCCN(C(C)C)C(CN)c1ccccc1COC. The first-order chi connectivity index (χ1) is 9.15. The zero-order chi connectivity index (χ0) is 14.3. The second kappa shape index (κ2) is 8.31. The van der Waals surface area contributed by atoms with Crippen LogP contribution in [0.2, 0.25) is 0 Å². The van der Waals surface area contributed by atoms with Crippen LogP contribution in [-0.4, -0.2) is 31.1 Å². The van der Waals surface area contributed by atoms with Crippen molar-refractivity contribution in [3.05, 3.63) is 35.4 Å². The van der Waals surface area contributed by atoms with Crippen LogP contribution in [0.3, 0.4) is 0 Å². The Morgan fingerprint density at radius 2 is 1.95 bits per heavy atom. The first-order valence-electron chi connectivity index (χ1n) is 7.18. The molecule has 19 heavy (non-hydrogen) atoms. The van der Waals surface area contributed by atoms with E-state index in [1.807, 2.05) is 0 Å². The maximum atomic E-state index is 6.06. The summed E-state index contributed by atoms with van der Waals surface area (Å²) in [5, 5.41) is 0. The van der Waals surface area contributed by atoms with Crippen molar-refractivity contribution < 1.29 is 4.74 Å². The molecule has 0 aliphatic carbocycles. The van der Waals surface area contributed by atoms with E-state index in [4.69, 9.17) is 10.5 Å². The van der Waals surface area contributed by atoms with Crippen molar-refractivity contribution in [1.29, 1.82) is 0 Å². The highest BCUT2D eigenvalue weighted by Crippen LogP contribution is 2.26. The first kappa shape index (κ1) is 16.2. The van der Waals surface area contributed by atoms with Gasteiger partial charge in [0.25, 0.3) is 0 Å². The van der Waals surface area contributed by atoms with E-state index in [1.165, 1.54) is 11.1 Å². The highest BCUT2D eigenvalue weighted by atomic mass is 16.5. The van der Waals surface area contributed by atoms with Crippen molar-refractivity contribution in [1.82, 2.24) is 4.90 Å². The molecule has 0 saturated heterocycles. The van der Waals surface area contributed by atoms with E-state index in [-0.39, 0.29) is 6.04 Å². The molecule has 0 aliphatic heterocycles. The minimum atomic E-state index is 0.270. The Balaban J connectivity index is 3.06. The topological polar surface area (TPSA) is 38.5 Å². The molecule has 0 spiro atoms. The fourth-order valence-electron chi connectivity index (χ4n) is 2.62. The van der Waals surface area contributed by atoms with Crippen molar-refractivity contribution in [2.45, 2.75) is 45.9 Å². The third-order valence-electron chi connectivity index (χ3n) is 3.48. The normalized spacial score (nSPS) is 13.2. The summed E-state index contributed by atoms with van der Waals surface area (Å²) in [7, 11) is 1.74. The maximum Gasteiger partial charge on any atom is 0.0716 e. The van der Waals surface area contributed by atoms with Crippen molar-refractivity contribution in [3.8, 4) is 0 Å². The molecule has 1 unspecified atom stereocenters. The van der Waals surface area contributed by atoms with Crippen LogP contribution in [0.4, 0.5) is 0 Å². The second-order valence-corrected chi connectivity index (χ2v) is 5.21. The molecule has 1 aromatic rings. The summed E-state index contributed by atoms with van der Waals surface area (Å²) >= 11 is 0. The smallest absolute Gasteiger partial charge is 0.0716 e. The molecule has 0 aromatic heterocycles. The van der Waals surface area contributed by atoms with Crippen molar-refractivity contribution in [3.63, 3.8) is 0 Å². The molecule has 0 radical (unpaired) electrons. The first-order valence-corrected chi connectivity index (χ1v) is 7.18. The lowest BCUT2D eigenvalue weighted by Gasteiger charge is -2.35. The Kier molecular flexibility index (Phi) is 7.06. The summed E-state index contributed by atoms with van der Waals surface area (Å²) in [5.41, 5.74) is 8.59. The minimum absolute atomic E-state index is 0.270. The van der Waals surface area contributed by atoms with Gasteiger partial charge in [-0.25, -0.2) is 0 Å². The van der Waals surface area contributed by atoms with Crippen molar-refractivity contribution in [2.24, 2.45) is 5.73 Å². The van der Waals surface area contributed by atoms with Crippen LogP contribution in [0.5, 0.6) is 0 Å². The van der Waals surface area contributed by atoms with Crippen LogP contribution in [0.15, 0.2) is 24.3 Å². The number of benzene rings is 1. The molecule has 1 aromatic carbocycles. The van der Waals surface area contributed by atoms with Gasteiger partial charge in [-0.1, -0.05) is 31.2 Å². The van der Waals surface area contributed by atoms with Crippen LogP contribution >= 0.6 is 0 Å². The number of rotatable bonds is 8. The average Bonchev–Trinajstić information content (AvgIpc) is 2.40. The number of hydrogen-bond donors (Lipinski definition) is 1. The van der Waals surface area contributed by atoms with Gasteiger partial charge < -0.3 is 10.5 Å². The maximum absolute atomic E-state index is 6.06. The van der Waals surface area contributed by atoms with Gasteiger partial charge in [0.05, 0.1) is 6.61 Å². The van der Waals surface area contributed by atoms with E-state index in [1.54, 1.807) is 7.11 Å². The van der Waals surface area contributed by atoms with Gasteiger partial charge in [-0.2, -0.15) is 0 Å². The lowest BCUT2D eigenvalue weighted by molar-refractivity contribution is 0.150. The summed E-state index contributed by atoms with van der Waals surface area (Å²) in [5.74, 6) is 0. The number of methoxy groups -OCH3 is 1. The highest BCUT2D eigenvalue weighted by Gasteiger charge is 2.22. The molecule has 2 N–H and O–H groups in total. The largest absolute Gasteiger partial charge is 0.380 e. The molecule has 0 heterocycles. The van der Waals surface area contributed by atoms with Gasteiger partial charge in [-0.3, -0.25) is 4.90 Å².